The van der Waals surface area contributed by atoms with Gasteiger partial charge < -0.3 is 10.0 Å². The Morgan fingerprint density at radius 3 is 2.56 bits per heavy atom. The fourth-order valence-electron chi connectivity index (χ4n) is 2.02. The number of nitrogens with zero attached hydrogens (tertiary/aromatic N) is 1. The van der Waals surface area contributed by atoms with Gasteiger partial charge in [-0.1, -0.05) is 38.2 Å². The first kappa shape index (κ1) is 15.0. The molecule has 0 bridgehead atoms. The molecular weight excluding hydrogens is 226 g/mol. The van der Waals surface area contributed by atoms with E-state index in [4.69, 9.17) is 0 Å². The summed E-state index contributed by atoms with van der Waals surface area (Å²) in [5.74, 6) is 0.0706. The molecule has 1 rings (SSSR count). The van der Waals surface area contributed by atoms with Crippen LogP contribution in [0.15, 0.2) is 24.3 Å². The van der Waals surface area contributed by atoms with Crippen molar-refractivity contribution in [3.63, 3.8) is 0 Å². The van der Waals surface area contributed by atoms with Crippen molar-refractivity contribution in [1.29, 1.82) is 0 Å². The third-order valence-electron chi connectivity index (χ3n) is 3.42. The van der Waals surface area contributed by atoms with Crippen molar-refractivity contribution in [2.75, 3.05) is 13.1 Å². The number of rotatable bonds is 4. The quantitative estimate of drug-likeness (QED) is 0.780. The number of carbonyl (C=O) groups excluding carboxylic acids is 1. The number of aliphatic hydroxyl groups is 1. The minimum absolute atomic E-state index is 0.0884. The third kappa shape index (κ3) is 4.65. The topological polar surface area (TPSA) is 40.5 Å². The molecule has 0 aromatic rings. The molecule has 0 radical (unpaired) electrons. The van der Waals surface area contributed by atoms with Crippen molar-refractivity contribution in [1.82, 2.24) is 4.90 Å². The molecule has 1 N–H and O–H groups in total. The smallest absolute Gasteiger partial charge is 0.229 e. The van der Waals surface area contributed by atoms with Crippen LogP contribution in [0.3, 0.4) is 0 Å². The van der Waals surface area contributed by atoms with Gasteiger partial charge in [-0.25, -0.2) is 0 Å². The maximum absolute atomic E-state index is 12.1. The first-order valence-corrected chi connectivity index (χ1v) is 6.81. The largest absolute Gasteiger partial charge is 0.390 e. The van der Waals surface area contributed by atoms with Crippen LogP contribution in [0.1, 0.15) is 40.0 Å². The minimum Gasteiger partial charge on any atom is -0.390 e. The molecule has 3 heteroatoms. The van der Waals surface area contributed by atoms with Crippen molar-refractivity contribution < 1.29 is 9.90 Å². The highest BCUT2D eigenvalue weighted by Gasteiger charge is 2.30. The first-order valence-electron chi connectivity index (χ1n) is 6.81. The van der Waals surface area contributed by atoms with Crippen LogP contribution in [0.4, 0.5) is 0 Å². The van der Waals surface area contributed by atoms with Crippen molar-refractivity contribution in [2.45, 2.75) is 45.6 Å². The molecule has 1 heterocycles. The van der Waals surface area contributed by atoms with Crippen LogP contribution < -0.4 is 0 Å². The summed E-state index contributed by atoms with van der Waals surface area (Å²) in [5, 5.41) is 9.85. The Morgan fingerprint density at radius 2 is 2.00 bits per heavy atom. The molecule has 0 spiro atoms. The predicted octanol–water partition coefficient (Wildman–Crippen LogP) is 2.52. The van der Waals surface area contributed by atoms with Gasteiger partial charge in [0, 0.05) is 13.1 Å². The van der Waals surface area contributed by atoms with Gasteiger partial charge in [0.2, 0.25) is 5.91 Å². The molecule has 0 aliphatic carbocycles. The van der Waals surface area contributed by atoms with E-state index in [0.717, 1.165) is 6.42 Å². The number of likely N-dealkylation sites (tertiary alicyclic amines) is 1. The zero-order chi connectivity index (χ0) is 13.6. The van der Waals surface area contributed by atoms with Crippen LogP contribution >= 0.6 is 0 Å². The van der Waals surface area contributed by atoms with Crippen LogP contribution in [0.5, 0.6) is 0 Å². The number of carbonyl (C=O) groups is 1. The molecule has 0 aromatic heterocycles. The van der Waals surface area contributed by atoms with E-state index in [-0.39, 0.29) is 11.8 Å². The van der Waals surface area contributed by atoms with Gasteiger partial charge >= 0.3 is 0 Å². The van der Waals surface area contributed by atoms with E-state index in [1.165, 1.54) is 0 Å². The van der Waals surface area contributed by atoms with Gasteiger partial charge in [0.15, 0.2) is 0 Å². The molecule has 102 valence electrons. The maximum Gasteiger partial charge on any atom is 0.229 e. The van der Waals surface area contributed by atoms with Gasteiger partial charge in [0.25, 0.3) is 0 Å². The van der Waals surface area contributed by atoms with Crippen LogP contribution in [0.25, 0.3) is 0 Å². The van der Waals surface area contributed by atoms with Gasteiger partial charge in [-0.05, 0) is 26.2 Å². The normalized spacial score (nSPS) is 21.7. The Bertz CT molecular complexity index is 321. The summed E-state index contributed by atoms with van der Waals surface area (Å²) in [6.07, 6.45) is 10.3. The lowest BCUT2D eigenvalue weighted by molar-refractivity contribution is -0.137. The second-order valence-corrected chi connectivity index (χ2v) is 5.33. The van der Waals surface area contributed by atoms with Crippen molar-refractivity contribution in [3.8, 4) is 0 Å². The molecule has 1 saturated heterocycles. The van der Waals surface area contributed by atoms with Crippen molar-refractivity contribution >= 4 is 5.91 Å². The summed E-state index contributed by atoms with van der Waals surface area (Å²) in [4.78, 5) is 14.0. The Kier molecular flexibility index (Phi) is 5.60. The van der Waals surface area contributed by atoms with E-state index in [9.17, 15) is 9.90 Å². The number of hydrogen-bond acceptors (Lipinski definition) is 2. The van der Waals surface area contributed by atoms with E-state index in [1.807, 2.05) is 37.0 Å². The maximum atomic E-state index is 12.1. The standard InChI is InChI=1S/C15H25NO2/c1-4-5-6-7-8-13(2)14(17)16-11-9-15(3,18)10-12-16/h5-8,13,18H,4,9-12H2,1-3H3/b6-5-,8-7-. The summed E-state index contributed by atoms with van der Waals surface area (Å²) < 4.78 is 0. The Morgan fingerprint density at radius 1 is 1.39 bits per heavy atom. The average Bonchev–Trinajstić information content (AvgIpc) is 2.33. The number of hydrogen-bond donors (Lipinski definition) is 1. The molecule has 1 atom stereocenters. The molecular formula is C15H25NO2. The van der Waals surface area contributed by atoms with E-state index in [1.54, 1.807) is 0 Å². The zero-order valence-electron chi connectivity index (χ0n) is 11.7. The monoisotopic (exact) mass is 251 g/mol. The highest BCUT2D eigenvalue weighted by molar-refractivity contribution is 5.80. The van der Waals surface area contributed by atoms with Gasteiger partial charge in [0.05, 0.1) is 11.5 Å². The van der Waals surface area contributed by atoms with Crippen molar-refractivity contribution in [2.24, 2.45) is 5.92 Å². The van der Waals surface area contributed by atoms with Crippen LogP contribution in [0, 0.1) is 5.92 Å². The highest BCUT2D eigenvalue weighted by Crippen LogP contribution is 2.22. The van der Waals surface area contributed by atoms with E-state index in [2.05, 4.69) is 13.0 Å². The number of piperidine rings is 1. The fourth-order valence-corrected chi connectivity index (χ4v) is 2.02. The molecule has 1 aliphatic heterocycles. The second-order valence-electron chi connectivity index (χ2n) is 5.33. The summed E-state index contributed by atoms with van der Waals surface area (Å²) >= 11 is 0. The molecule has 1 fully saturated rings. The molecule has 1 aliphatic rings. The van der Waals surface area contributed by atoms with E-state index >= 15 is 0 Å². The second kappa shape index (κ2) is 6.74. The van der Waals surface area contributed by atoms with Crippen molar-refractivity contribution in [3.05, 3.63) is 24.3 Å². The lowest BCUT2D eigenvalue weighted by Gasteiger charge is -2.36. The zero-order valence-corrected chi connectivity index (χ0v) is 11.7. The average molecular weight is 251 g/mol. The highest BCUT2D eigenvalue weighted by atomic mass is 16.3. The summed E-state index contributed by atoms with van der Waals surface area (Å²) in [7, 11) is 0. The third-order valence-corrected chi connectivity index (χ3v) is 3.42. The van der Waals surface area contributed by atoms with Gasteiger partial charge in [-0.15, -0.1) is 0 Å². The fraction of sp³-hybridized carbons (Fsp3) is 0.667. The Labute approximate surface area is 110 Å². The molecule has 1 amide bonds. The summed E-state index contributed by atoms with van der Waals surface area (Å²) in [6.45, 7) is 7.17. The molecule has 18 heavy (non-hydrogen) atoms. The SMILES string of the molecule is CC/C=C\C=C/C(C)C(=O)N1CCC(C)(O)CC1. The van der Waals surface area contributed by atoms with Crippen LogP contribution in [0.2, 0.25) is 0 Å². The van der Waals surface area contributed by atoms with Crippen LogP contribution in [-0.4, -0.2) is 34.6 Å². The lowest BCUT2D eigenvalue weighted by Crippen LogP contribution is -2.46. The molecule has 3 nitrogen and oxygen atoms in total. The van der Waals surface area contributed by atoms with E-state index < -0.39 is 5.60 Å². The van der Waals surface area contributed by atoms with E-state index in [0.29, 0.717) is 25.9 Å². The van der Waals surface area contributed by atoms with Gasteiger partial charge in [-0.2, -0.15) is 0 Å². The molecule has 1 unspecified atom stereocenters. The van der Waals surface area contributed by atoms with Gasteiger partial charge in [0.1, 0.15) is 0 Å². The predicted molar refractivity (Wildman–Crippen MR) is 74.2 cm³/mol. The number of amides is 1. The Balaban J connectivity index is 2.45. The summed E-state index contributed by atoms with van der Waals surface area (Å²) in [6, 6.07) is 0. The first-order chi connectivity index (χ1) is 8.46. The van der Waals surface area contributed by atoms with Crippen LogP contribution in [-0.2, 0) is 4.79 Å². The lowest BCUT2D eigenvalue weighted by atomic mass is 9.93. The molecule has 0 aromatic carbocycles. The molecule has 0 saturated carbocycles. The minimum atomic E-state index is -0.597. The number of allylic oxidation sites excluding steroid dienone is 3. The summed E-state index contributed by atoms with van der Waals surface area (Å²) in [5.41, 5.74) is -0.597. The Hall–Kier alpha value is -1.09. The van der Waals surface area contributed by atoms with Gasteiger partial charge in [-0.3, -0.25) is 4.79 Å².